The van der Waals surface area contributed by atoms with E-state index in [1.165, 1.54) is 6.20 Å². The summed E-state index contributed by atoms with van der Waals surface area (Å²) in [5.74, 6) is -0.312. The largest absolute Gasteiger partial charge is 0.366 e. The van der Waals surface area contributed by atoms with Gasteiger partial charge in [0.25, 0.3) is 5.91 Å². The Kier molecular flexibility index (Phi) is 4.92. The summed E-state index contributed by atoms with van der Waals surface area (Å²) in [4.78, 5) is 41.7. The number of benzene rings is 1. The van der Waals surface area contributed by atoms with E-state index in [9.17, 15) is 14.4 Å². The molecular weight excluding hydrogens is 370 g/mol. The Balaban J connectivity index is 1.41. The topological polar surface area (TPSA) is 131 Å². The highest BCUT2D eigenvalue weighted by molar-refractivity contribution is 5.97. The van der Waals surface area contributed by atoms with E-state index in [1.54, 1.807) is 30.3 Å². The van der Waals surface area contributed by atoms with Crippen molar-refractivity contribution in [3.8, 4) is 0 Å². The van der Waals surface area contributed by atoms with Crippen LogP contribution in [-0.2, 0) is 0 Å². The van der Waals surface area contributed by atoms with Gasteiger partial charge in [0.15, 0.2) is 0 Å². The molecule has 0 spiro atoms. The zero-order valence-electron chi connectivity index (χ0n) is 15.9. The Morgan fingerprint density at radius 2 is 1.41 bits per heavy atom. The summed E-state index contributed by atoms with van der Waals surface area (Å²) in [6.07, 6.45) is 5.27. The van der Waals surface area contributed by atoms with Crippen LogP contribution in [0.2, 0.25) is 0 Å². The van der Waals surface area contributed by atoms with Gasteiger partial charge in [-0.1, -0.05) is 0 Å². The van der Waals surface area contributed by atoms with E-state index in [4.69, 9.17) is 11.5 Å². The van der Waals surface area contributed by atoms with Crippen molar-refractivity contribution in [2.75, 3.05) is 4.90 Å². The fourth-order valence-electron chi connectivity index (χ4n) is 4.41. The lowest BCUT2D eigenvalue weighted by Crippen LogP contribution is -2.50. The van der Waals surface area contributed by atoms with Crippen LogP contribution in [0.15, 0.2) is 42.6 Å². The molecule has 3 heterocycles. The molecule has 4 rings (SSSR count). The first-order valence-corrected chi connectivity index (χ1v) is 9.67. The molecule has 0 saturated carbocycles. The first-order valence-electron chi connectivity index (χ1n) is 9.67. The number of amides is 3. The van der Waals surface area contributed by atoms with Gasteiger partial charge in [-0.15, -0.1) is 0 Å². The van der Waals surface area contributed by atoms with Gasteiger partial charge in [0.05, 0.1) is 5.56 Å². The van der Waals surface area contributed by atoms with Gasteiger partial charge in [-0.05, 0) is 62.1 Å². The van der Waals surface area contributed by atoms with Crippen molar-refractivity contribution in [2.24, 2.45) is 11.5 Å². The molecule has 150 valence electrons. The molecule has 2 aliphatic heterocycles. The second-order valence-electron chi connectivity index (χ2n) is 7.64. The van der Waals surface area contributed by atoms with E-state index < -0.39 is 11.8 Å². The molecule has 0 radical (unpaired) electrons. The smallest absolute Gasteiger partial charge is 0.251 e. The van der Waals surface area contributed by atoms with Gasteiger partial charge in [0, 0.05) is 35.4 Å². The molecule has 2 fully saturated rings. The van der Waals surface area contributed by atoms with Crippen LogP contribution < -0.4 is 21.7 Å². The quantitative estimate of drug-likeness (QED) is 0.703. The zero-order chi connectivity index (χ0) is 20.5. The Morgan fingerprint density at radius 1 is 0.862 bits per heavy atom. The number of hydrogen-bond donors (Lipinski definition) is 3. The molecule has 3 amide bonds. The van der Waals surface area contributed by atoms with Gasteiger partial charge in [0.2, 0.25) is 11.8 Å². The summed E-state index contributed by atoms with van der Waals surface area (Å²) in [5.41, 5.74) is 11.8. The summed E-state index contributed by atoms with van der Waals surface area (Å²) >= 11 is 0. The summed E-state index contributed by atoms with van der Waals surface area (Å²) in [6.45, 7) is 0. The lowest BCUT2D eigenvalue weighted by Gasteiger charge is -2.40. The number of nitrogens with one attached hydrogen (secondary N) is 1. The number of aromatic nitrogens is 1. The maximum absolute atomic E-state index is 12.6. The monoisotopic (exact) mass is 393 g/mol. The van der Waals surface area contributed by atoms with Gasteiger partial charge in [0.1, 0.15) is 5.82 Å². The van der Waals surface area contributed by atoms with E-state index in [0.717, 1.165) is 31.5 Å². The normalized spacial score (nSPS) is 22.9. The fraction of sp³-hybridized carbons (Fsp3) is 0.333. The number of nitrogens with zero attached hydrogens (tertiary/aromatic N) is 2. The number of fused-ring (bicyclic) bond motifs is 2. The first kappa shape index (κ1) is 18.9. The van der Waals surface area contributed by atoms with Crippen molar-refractivity contribution >= 4 is 23.5 Å². The highest BCUT2D eigenvalue weighted by Gasteiger charge is 2.41. The Hall–Kier alpha value is -3.42. The minimum atomic E-state index is -0.515. The lowest BCUT2D eigenvalue weighted by molar-refractivity contribution is 0.0924. The van der Waals surface area contributed by atoms with Crippen LogP contribution in [0.1, 0.15) is 56.8 Å². The number of hydrogen-bond acceptors (Lipinski definition) is 5. The number of carbonyl (C=O) groups is 3. The molecule has 8 nitrogen and oxygen atoms in total. The van der Waals surface area contributed by atoms with Crippen LogP contribution in [0, 0.1) is 0 Å². The Labute approximate surface area is 168 Å². The molecule has 2 aliphatic rings. The number of nitrogens with two attached hydrogens (primary N) is 2. The first-order chi connectivity index (χ1) is 13.9. The minimum absolute atomic E-state index is 0.0805. The molecule has 2 aromatic rings. The molecule has 0 aliphatic carbocycles. The highest BCUT2D eigenvalue weighted by Crippen LogP contribution is 2.38. The molecule has 1 aromatic carbocycles. The van der Waals surface area contributed by atoms with Crippen LogP contribution in [0.25, 0.3) is 0 Å². The predicted octanol–water partition coefficient (Wildman–Crippen LogP) is 1.21. The zero-order valence-corrected chi connectivity index (χ0v) is 15.9. The third-order valence-corrected chi connectivity index (χ3v) is 5.80. The number of carbonyl (C=O) groups excluding carboxylic acids is 3. The molecule has 2 unspecified atom stereocenters. The van der Waals surface area contributed by atoms with Gasteiger partial charge < -0.3 is 21.7 Å². The van der Waals surface area contributed by atoms with Crippen LogP contribution >= 0.6 is 0 Å². The van der Waals surface area contributed by atoms with Crippen molar-refractivity contribution in [1.82, 2.24) is 10.3 Å². The molecule has 29 heavy (non-hydrogen) atoms. The van der Waals surface area contributed by atoms with Crippen molar-refractivity contribution in [2.45, 2.75) is 43.8 Å². The van der Waals surface area contributed by atoms with E-state index in [2.05, 4.69) is 15.2 Å². The van der Waals surface area contributed by atoms with Crippen LogP contribution in [-0.4, -0.2) is 40.8 Å². The SMILES string of the molecule is NC(=O)c1ccc(C(=O)NC2CC3CCC(C2)N3c2ccc(C(N)=O)cn2)cc1. The van der Waals surface area contributed by atoms with E-state index in [-0.39, 0.29) is 11.9 Å². The molecule has 8 heteroatoms. The number of primary amides is 2. The molecule has 2 bridgehead atoms. The summed E-state index contributed by atoms with van der Waals surface area (Å²) in [7, 11) is 0. The van der Waals surface area contributed by atoms with Crippen molar-refractivity contribution in [1.29, 1.82) is 0 Å². The average molecular weight is 393 g/mol. The van der Waals surface area contributed by atoms with E-state index in [1.807, 2.05) is 6.07 Å². The van der Waals surface area contributed by atoms with Gasteiger partial charge in [-0.2, -0.15) is 0 Å². The number of piperidine rings is 1. The van der Waals surface area contributed by atoms with Crippen LogP contribution in [0.5, 0.6) is 0 Å². The van der Waals surface area contributed by atoms with Crippen LogP contribution in [0.4, 0.5) is 5.82 Å². The second kappa shape index (κ2) is 7.54. The number of anilines is 1. The van der Waals surface area contributed by atoms with Crippen molar-refractivity contribution in [3.63, 3.8) is 0 Å². The van der Waals surface area contributed by atoms with Gasteiger partial charge in [-0.25, -0.2) is 4.98 Å². The Morgan fingerprint density at radius 3 is 1.93 bits per heavy atom. The molecule has 2 atom stereocenters. The maximum Gasteiger partial charge on any atom is 0.251 e. The third kappa shape index (κ3) is 3.78. The number of rotatable bonds is 5. The van der Waals surface area contributed by atoms with Gasteiger partial charge >= 0.3 is 0 Å². The average Bonchev–Trinajstić information content (AvgIpc) is 2.98. The molecule has 2 saturated heterocycles. The maximum atomic E-state index is 12.6. The molecular formula is C21H23N5O3. The predicted molar refractivity (Wildman–Crippen MR) is 107 cm³/mol. The fourth-order valence-corrected chi connectivity index (χ4v) is 4.41. The molecule has 5 N–H and O–H groups in total. The standard InChI is InChI=1S/C21H23N5O3/c22-19(27)12-1-3-13(4-2-12)21(29)25-15-9-16-6-7-17(10-15)26(16)18-8-5-14(11-24-18)20(23)28/h1-5,8,11,15-17H,6-7,9-10H2,(H2,22,27)(H2,23,28)(H,25,29). The van der Waals surface area contributed by atoms with E-state index in [0.29, 0.717) is 28.8 Å². The summed E-state index contributed by atoms with van der Waals surface area (Å²) in [5, 5.41) is 3.12. The third-order valence-electron chi connectivity index (χ3n) is 5.80. The van der Waals surface area contributed by atoms with Gasteiger partial charge in [-0.3, -0.25) is 14.4 Å². The highest BCUT2D eigenvalue weighted by atomic mass is 16.2. The van der Waals surface area contributed by atoms with E-state index >= 15 is 0 Å². The van der Waals surface area contributed by atoms with Crippen molar-refractivity contribution < 1.29 is 14.4 Å². The number of pyridine rings is 1. The Bertz CT molecular complexity index is 928. The lowest BCUT2D eigenvalue weighted by atomic mass is 9.96. The summed E-state index contributed by atoms with van der Waals surface area (Å²) in [6, 6.07) is 10.6. The second-order valence-corrected chi connectivity index (χ2v) is 7.64. The van der Waals surface area contributed by atoms with Crippen molar-refractivity contribution in [3.05, 3.63) is 59.3 Å². The molecule has 1 aromatic heterocycles. The van der Waals surface area contributed by atoms with Crippen LogP contribution in [0.3, 0.4) is 0 Å². The summed E-state index contributed by atoms with van der Waals surface area (Å²) < 4.78 is 0. The minimum Gasteiger partial charge on any atom is -0.366 e.